The smallest absolute Gasteiger partial charge is 0.101 e. The van der Waals surface area contributed by atoms with Gasteiger partial charge >= 0.3 is 0 Å². The van der Waals surface area contributed by atoms with Gasteiger partial charge in [0.2, 0.25) is 0 Å². The number of fused-ring (bicyclic) bond motifs is 1. The first-order valence-corrected chi connectivity index (χ1v) is 8.38. The largest absolute Gasteiger partial charge is 0.379 e. The van der Waals surface area contributed by atoms with Crippen molar-refractivity contribution in [3.05, 3.63) is 59.9 Å². The van der Waals surface area contributed by atoms with Gasteiger partial charge in [-0.15, -0.1) is 0 Å². The van der Waals surface area contributed by atoms with E-state index in [1.54, 1.807) is 6.20 Å². The molecule has 0 aliphatic carbocycles. The van der Waals surface area contributed by atoms with E-state index in [-0.39, 0.29) is 0 Å². The maximum atomic E-state index is 9.01. The van der Waals surface area contributed by atoms with Crippen LogP contribution in [-0.2, 0) is 11.3 Å². The Morgan fingerprint density at radius 2 is 2.00 bits per heavy atom. The van der Waals surface area contributed by atoms with Crippen LogP contribution >= 0.6 is 0 Å². The maximum absolute atomic E-state index is 9.01. The van der Waals surface area contributed by atoms with Gasteiger partial charge in [-0.1, -0.05) is 18.2 Å². The molecule has 2 aromatic heterocycles. The second kappa shape index (κ2) is 6.98. The van der Waals surface area contributed by atoms with Crippen molar-refractivity contribution in [1.82, 2.24) is 14.9 Å². The van der Waals surface area contributed by atoms with Gasteiger partial charge in [0.05, 0.1) is 30.0 Å². The van der Waals surface area contributed by atoms with Crippen LogP contribution in [0.25, 0.3) is 22.2 Å². The summed E-state index contributed by atoms with van der Waals surface area (Å²) in [5.41, 5.74) is 4.69. The van der Waals surface area contributed by atoms with Gasteiger partial charge in [0, 0.05) is 43.0 Å². The number of nitrogens with zero attached hydrogens (tertiary/aromatic N) is 4. The highest BCUT2D eigenvalue weighted by Crippen LogP contribution is 2.26. The van der Waals surface area contributed by atoms with Crippen LogP contribution in [0.2, 0.25) is 0 Å². The number of hydrogen-bond donors (Lipinski definition) is 0. The van der Waals surface area contributed by atoms with Gasteiger partial charge in [0.15, 0.2) is 0 Å². The summed E-state index contributed by atoms with van der Waals surface area (Å²) in [7, 11) is 0. The first-order chi connectivity index (χ1) is 12.3. The van der Waals surface area contributed by atoms with Gasteiger partial charge in [-0.25, -0.2) is 0 Å². The molecular weight excluding hydrogens is 312 g/mol. The van der Waals surface area contributed by atoms with E-state index in [1.165, 1.54) is 5.56 Å². The molecule has 0 amide bonds. The van der Waals surface area contributed by atoms with E-state index >= 15 is 0 Å². The molecule has 124 valence electrons. The lowest BCUT2D eigenvalue weighted by Crippen LogP contribution is -2.35. The zero-order chi connectivity index (χ0) is 17.1. The highest BCUT2D eigenvalue weighted by molar-refractivity contribution is 5.84. The van der Waals surface area contributed by atoms with Crippen molar-refractivity contribution in [3.8, 4) is 17.3 Å². The molecule has 1 aromatic carbocycles. The zero-order valence-corrected chi connectivity index (χ0v) is 13.9. The third-order valence-electron chi connectivity index (χ3n) is 4.48. The van der Waals surface area contributed by atoms with Crippen LogP contribution in [0.4, 0.5) is 0 Å². The molecule has 4 rings (SSSR count). The van der Waals surface area contributed by atoms with E-state index in [0.717, 1.165) is 55.0 Å². The number of rotatable bonds is 3. The summed E-state index contributed by atoms with van der Waals surface area (Å²) in [5, 5.41) is 9.97. The lowest BCUT2D eigenvalue weighted by Gasteiger charge is -2.27. The Morgan fingerprint density at radius 3 is 2.84 bits per heavy atom. The standard InChI is InChI=1S/C20H18N4O/c21-12-15-10-16-3-4-17(11-19(16)23-13-15)20-18(2-1-5-22-20)14-24-6-8-25-9-7-24/h1-5,10-11,13H,6-9,14H2. The van der Waals surface area contributed by atoms with Gasteiger partial charge in [-0.2, -0.15) is 5.26 Å². The lowest BCUT2D eigenvalue weighted by molar-refractivity contribution is 0.0342. The number of pyridine rings is 2. The number of benzene rings is 1. The molecule has 0 unspecified atom stereocenters. The van der Waals surface area contributed by atoms with Crippen LogP contribution < -0.4 is 0 Å². The average Bonchev–Trinajstić information content (AvgIpc) is 2.68. The summed E-state index contributed by atoms with van der Waals surface area (Å²) in [4.78, 5) is 11.4. The SMILES string of the molecule is N#Cc1cnc2cc(-c3ncccc3CN3CCOCC3)ccc2c1. The van der Waals surface area contributed by atoms with Crippen molar-refractivity contribution >= 4 is 10.9 Å². The van der Waals surface area contributed by atoms with Crippen molar-refractivity contribution in [2.45, 2.75) is 6.54 Å². The summed E-state index contributed by atoms with van der Waals surface area (Å²) < 4.78 is 5.43. The van der Waals surface area contributed by atoms with Crippen molar-refractivity contribution in [2.75, 3.05) is 26.3 Å². The molecule has 1 saturated heterocycles. The van der Waals surface area contributed by atoms with E-state index in [2.05, 4.69) is 33.1 Å². The van der Waals surface area contributed by atoms with E-state index < -0.39 is 0 Å². The van der Waals surface area contributed by atoms with Gasteiger partial charge in [0.25, 0.3) is 0 Å². The van der Waals surface area contributed by atoms with Crippen LogP contribution in [-0.4, -0.2) is 41.2 Å². The molecular formula is C20H18N4O. The second-order valence-corrected chi connectivity index (χ2v) is 6.14. The molecule has 25 heavy (non-hydrogen) atoms. The molecule has 3 aromatic rings. The Kier molecular flexibility index (Phi) is 4.38. The first-order valence-electron chi connectivity index (χ1n) is 8.38. The zero-order valence-electron chi connectivity index (χ0n) is 13.9. The van der Waals surface area contributed by atoms with Gasteiger partial charge < -0.3 is 4.74 Å². The third-order valence-corrected chi connectivity index (χ3v) is 4.48. The molecule has 3 heterocycles. The molecule has 1 aliphatic rings. The van der Waals surface area contributed by atoms with Crippen molar-refractivity contribution in [1.29, 1.82) is 5.26 Å². The Labute approximate surface area is 146 Å². The normalized spacial score (nSPS) is 15.2. The van der Waals surface area contributed by atoms with E-state index in [0.29, 0.717) is 5.56 Å². The Hall–Kier alpha value is -2.81. The fourth-order valence-corrected chi connectivity index (χ4v) is 3.16. The van der Waals surface area contributed by atoms with Crippen LogP contribution in [0, 0.1) is 11.3 Å². The monoisotopic (exact) mass is 330 g/mol. The Morgan fingerprint density at radius 1 is 1.12 bits per heavy atom. The predicted molar refractivity (Wildman–Crippen MR) is 95.8 cm³/mol. The molecule has 5 nitrogen and oxygen atoms in total. The molecule has 0 radical (unpaired) electrons. The summed E-state index contributed by atoms with van der Waals surface area (Å²) in [5.74, 6) is 0. The Bertz CT molecular complexity index is 942. The predicted octanol–water partition coefficient (Wildman–Crippen LogP) is 3.00. The summed E-state index contributed by atoms with van der Waals surface area (Å²) in [6.07, 6.45) is 3.44. The minimum Gasteiger partial charge on any atom is -0.379 e. The summed E-state index contributed by atoms with van der Waals surface area (Å²) in [6, 6.07) is 14.2. The molecule has 0 N–H and O–H groups in total. The Balaban J connectivity index is 1.69. The van der Waals surface area contributed by atoms with Gasteiger partial charge in [0.1, 0.15) is 6.07 Å². The van der Waals surface area contributed by atoms with E-state index in [9.17, 15) is 0 Å². The van der Waals surface area contributed by atoms with Crippen LogP contribution in [0.5, 0.6) is 0 Å². The second-order valence-electron chi connectivity index (χ2n) is 6.14. The topological polar surface area (TPSA) is 62.0 Å². The number of ether oxygens (including phenoxy) is 1. The third kappa shape index (κ3) is 3.36. The highest BCUT2D eigenvalue weighted by Gasteiger charge is 2.14. The molecule has 1 fully saturated rings. The van der Waals surface area contributed by atoms with Crippen molar-refractivity contribution in [2.24, 2.45) is 0 Å². The first kappa shape index (κ1) is 15.7. The van der Waals surface area contributed by atoms with Crippen molar-refractivity contribution < 1.29 is 4.74 Å². The van der Waals surface area contributed by atoms with Crippen molar-refractivity contribution in [3.63, 3.8) is 0 Å². The fourth-order valence-electron chi connectivity index (χ4n) is 3.16. The van der Waals surface area contributed by atoms with E-state index in [1.807, 2.05) is 30.5 Å². The number of hydrogen-bond acceptors (Lipinski definition) is 5. The maximum Gasteiger partial charge on any atom is 0.101 e. The molecule has 0 atom stereocenters. The summed E-state index contributed by atoms with van der Waals surface area (Å²) >= 11 is 0. The van der Waals surface area contributed by atoms with Gasteiger partial charge in [-0.05, 0) is 23.8 Å². The minimum atomic E-state index is 0.575. The quantitative estimate of drug-likeness (QED) is 0.739. The van der Waals surface area contributed by atoms with Crippen LogP contribution in [0.15, 0.2) is 48.8 Å². The number of nitriles is 1. The highest BCUT2D eigenvalue weighted by atomic mass is 16.5. The van der Waals surface area contributed by atoms with Crippen LogP contribution in [0.3, 0.4) is 0 Å². The minimum absolute atomic E-state index is 0.575. The van der Waals surface area contributed by atoms with E-state index in [4.69, 9.17) is 10.00 Å². The van der Waals surface area contributed by atoms with Gasteiger partial charge in [-0.3, -0.25) is 14.9 Å². The average molecular weight is 330 g/mol. The summed E-state index contributed by atoms with van der Waals surface area (Å²) in [6.45, 7) is 4.34. The molecule has 0 spiro atoms. The lowest BCUT2D eigenvalue weighted by atomic mass is 10.0. The number of morpholine rings is 1. The molecule has 0 bridgehead atoms. The molecule has 1 aliphatic heterocycles. The van der Waals surface area contributed by atoms with Crippen LogP contribution in [0.1, 0.15) is 11.1 Å². The number of aromatic nitrogens is 2. The fraction of sp³-hybridized carbons (Fsp3) is 0.250. The molecule has 5 heteroatoms. The molecule has 0 saturated carbocycles.